The molecule has 2 aromatic rings. The standard InChI is InChI=1S/C20H28N6O3/c1-23-10-12-25(13-11-23)16-14-26(18(27)17-21-19(28)24(2)22-17)9-8-20(16,29)15-6-4-3-5-7-15/h3-7,16,29H,8-14H2,1-2H3,(H,21,22,28)/t16-,20+/m1/s1. The Labute approximate surface area is 169 Å². The number of nitrogens with zero attached hydrogens (tertiary/aromatic N) is 5. The number of benzene rings is 1. The van der Waals surface area contributed by atoms with Crippen molar-refractivity contribution >= 4 is 5.91 Å². The Morgan fingerprint density at radius 1 is 1.14 bits per heavy atom. The zero-order valence-electron chi connectivity index (χ0n) is 16.9. The number of carbonyl (C=O) groups is 1. The molecule has 2 saturated heterocycles. The summed E-state index contributed by atoms with van der Waals surface area (Å²) >= 11 is 0. The topological polar surface area (TPSA) is 97.7 Å². The lowest BCUT2D eigenvalue weighted by molar-refractivity contribution is -0.101. The predicted octanol–water partition coefficient (Wildman–Crippen LogP) is -0.542. The minimum Gasteiger partial charge on any atom is -0.383 e. The molecule has 29 heavy (non-hydrogen) atoms. The van der Waals surface area contributed by atoms with Gasteiger partial charge in [-0.05, 0) is 19.0 Å². The molecule has 2 fully saturated rings. The van der Waals surface area contributed by atoms with Gasteiger partial charge >= 0.3 is 5.69 Å². The van der Waals surface area contributed by atoms with E-state index in [0.717, 1.165) is 36.4 Å². The third-order valence-corrected chi connectivity index (χ3v) is 6.22. The van der Waals surface area contributed by atoms with E-state index in [2.05, 4.69) is 26.9 Å². The Morgan fingerprint density at radius 2 is 1.83 bits per heavy atom. The van der Waals surface area contributed by atoms with Crippen LogP contribution in [0.15, 0.2) is 35.1 Å². The second kappa shape index (κ2) is 7.74. The van der Waals surface area contributed by atoms with Crippen LogP contribution in [0.4, 0.5) is 0 Å². The zero-order valence-corrected chi connectivity index (χ0v) is 16.9. The van der Waals surface area contributed by atoms with Crippen LogP contribution in [0.25, 0.3) is 0 Å². The van der Waals surface area contributed by atoms with Gasteiger partial charge in [0.15, 0.2) is 0 Å². The minimum absolute atomic E-state index is 0.0415. The maximum Gasteiger partial charge on any atom is 0.343 e. The lowest BCUT2D eigenvalue weighted by Gasteiger charge is -2.51. The number of hydrogen-bond donors (Lipinski definition) is 2. The van der Waals surface area contributed by atoms with E-state index in [4.69, 9.17) is 0 Å². The molecule has 2 atom stereocenters. The largest absolute Gasteiger partial charge is 0.383 e. The molecule has 2 aliphatic heterocycles. The molecule has 0 radical (unpaired) electrons. The summed E-state index contributed by atoms with van der Waals surface area (Å²) in [5.41, 5.74) is -0.574. The molecule has 156 valence electrons. The highest BCUT2D eigenvalue weighted by atomic mass is 16.3. The predicted molar refractivity (Wildman–Crippen MR) is 108 cm³/mol. The van der Waals surface area contributed by atoms with Gasteiger partial charge in [0.25, 0.3) is 5.91 Å². The second-order valence-electron chi connectivity index (χ2n) is 8.05. The van der Waals surface area contributed by atoms with E-state index in [1.54, 1.807) is 4.90 Å². The highest BCUT2D eigenvalue weighted by molar-refractivity contribution is 5.90. The van der Waals surface area contributed by atoms with Crippen LogP contribution in [0.5, 0.6) is 0 Å². The SMILES string of the molecule is CN1CCN([C@@H]2CN(C(=O)c3nn(C)c(=O)[nH]3)CC[C@]2(O)c2ccccc2)CC1. The highest BCUT2D eigenvalue weighted by Gasteiger charge is 2.47. The van der Waals surface area contributed by atoms with Crippen molar-refractivity contribution in [3.63, 3.8) is 0 Å². The normalized spacial score (nSPS) is 26.6. The highest BCUT2D eigenvalue weighted by Crippen LogP contribution is 2.36. The van der Waals surface area contributed by atoms with Gasteiger partial charge in [0.05, 0.1) is 6.04 Å². The number of likely N-dealkylation sites (tertiary alicyclic amines) is 1. The van der Waals surface area contributed by atoms with Crippen LogP contribution < -0.4 is 5.69 Å². The van der Waals surface area contributed by atoms with Gasteiger partial charge in [-0.1, -0.05) is 30.3 Å². The van der Waals surface area contributed by atoms with E-state index < -0.39 is 11.3 Å². The Balaban J connectivity index is 1.62. The lowest BCUT2D eigenvalue weighted by atomic mass is 9.79. The Morgan fingerprint density at radius 3 is 2.45 bits per heavy atom. The summed E-state index contributed by atoms with van der Waals surface area (Å²) in [5.74, 6) is -0.267. The van der Waals surface area contributed by atoms with Crippen LogP contribution >= 0.6 is 0 Å². The van der Waals surface area contributed by atoms with Gasteiger partial charge in [-0.25, -0.2) is 9.48 Å². The number of likely N-dealkylation sites (N-methyl/N-ethyl adjacent to an activating group) is 1. The first kappa shape index (κ1) is 19.8. The van der Waals surface area contributed by atoms with E-state index in [1.807, 2.05) is 30.3 Å². The van der Waals surface area contributed by atoms with Crippen molar-refractivity contribution in [1.29, 1.82) is 0 Å². The van der Waals surface area contributed by atoms with Crippen LogP contribution in [0, 0.1) is 0 Å². The monoisotopic (exact) mass is 400 g/mol. The molecule has 1 aromatic heterocycles. The molecule has 1 aromatic carbocycles. The first-order valence-corrected chi connectivity index (χ1v) is 10.0. The van der Waals surface area contributed by atoms with Gasteiger partial charge in [0.1, 0.15) is 5.60 Å². The second-order valence-corrected chi connectivity index (χ2v) is 8.05. The van der Waals surface area contributed by atoms with E-state index in [9.17, 15) is 14.7 Å². The summed E-state index contributed by atoms with van der Waals surface area (Å²) < 4.78 is 1.12. The van der Waals surface area contributed by atoms with Crippen molar-refractivity contribution in [1.82, 2.24) is 29.5 Å². The number of nitrogens with one attached hydrogen (secondary N) is 1. The van der Waals surface area contributed by atoms with Crippen molar-refractivity contribution in [2.75, 3.05) is 46.3 Å². The lowest BCUT2D eigenvalue weighted by Crippen LogP contribution is -2.64. The molecule has 9 heteroatoms. The van der Waals surface area contributed by atoms with Crippen LogP contribution in [-0.2, 0) is 12.6 Å². The average molecular weight is 400 g/mol. The molecule has 0 bridgehead atoms. The molecule has 2 N–H and O–H groups in total. The number of rotatable bonds is 3. The quantitative estimate of drug-likeness (QED) is 0.718. The Hall–Kier alpha value is -2.49. The third-order valence-electron chi connectivity index (χ3n) is 6.22. The number of aryl methyl sites for hydroxylation is 1. The zero-order chi connectivity index (χ0) is 20.6. The van der Waals surface area contributed by atoms with E-state index in [0.29, 0.717) is 19.5 Å². The number of carbonyl (C=O) groups excluding carboxylic acids is 1. The number of aliphatic hydroxyl groups is 1. The Kier molecular flexibility index (Phi) is 5.28. The van der Waals surface area contributed by atoms with Gasteiger partial charge in [-0.2, -0.15) is 0 Å². The minimum atomic E-state index is -1.04. The van der Waals surface area contributed by atoms with E-state index in [1.165, 1.54) is 7.05 Å². The van der Waals surface area contributed by atoms with Gasteiger partial charge in [0, 0.05) is 46.3 Å². The first-order valence-electron chi connectivity index (χ1n) is 10.0. The summed E-state index contributed by atoms with van der Waals surface area (Å²) in [6.07, 6.45) is 0.427. The third kappa shape index (κ3) is 3.73. The van der Waals surface area contributed by atoms with Gasteiger partial charge in [-0.15, -0.1) is 5.10 Å². The molecule has 3 heterocycles. The van der Waals surface area contributed by atoms with Crippen LogP contribution in [0.3, 0.4) is 0 Å². The van der Waals surface area contributed by atoms with Crippen molar-refractivity contribution in [2.24, 2.45) is 7.05 Å². The van der Waals surface area contributed by atoms with Crippen LogP contribution in [0.2, 0.25) is 0 Å². The summed E-state index contributed by atoms with van der Waals surface area (Å²) in [6.45, 7) is 4.28. The number of aromatic nitrogens is 3. The Bertz CT molecular complexity index is 918. The van der Waals surface area contributed by atoms with Crippen molar-refractivity contribution in [3.05, 3.63) is 52.2 Å². The fourth-order valence-electron chi connectivity index (χ4n) is 4.37. The number of aromatic amines is 1. The summed E-state index contributed by atoms with van der Waals surface area (Å²) in [5, 5.41) is 15.8. The maximum absolute atomic E-state index is 13.0. The average Bonchev–Trinajstić information content (AvgIpc) is 3.08. The number of amides is 1. The number of piperidine rings is 1. The van der Waals surface area contributed by atoms with Crippen LogP contribution in [0.1, 0.15) is 22.6 Å². The van der Waals surface area contributed by atoms with E-state index >= 15 is 0 Å². The molecule has 2 aliphatic rings. The number of H-pyrrole nitrogens is 1. The van der Waals surface area contributed by atoms with Crippen molar-refractivity contribution < 1.29 is 9.90 Å². The van der Waals surface area contributed by atoms with Crippen molar-refractivity contribution in [3.8, 4) is 0 Å². The summed E-state index contributed by atoms with van der Waals surface area (Å²) in [4.78, 5) is 33.4. The first-order chi connectivity index (χ1) is 13.9. The summed E-state index contributed by atoms with van der Waals surface area (Å²) in [6, 6.07) is 9.49. The van der Waals surface area contributed by atoms with Crippen molar-refractivity contribution in [2.45, 2.75) is 18.1 Å². The number of piperazine rings is 1. The van der Waals surface area contributed by atoms with Gasteiger partial charge in [0.2, 0.25) is 5.82 Å². The molecule has 1 amide bonds. The van der Waals surface area contributed by atoms with Gasteiger partial charge in [-0.3, -0.25) is 14.7 Å². The molecular weight excluding hydrogens is 372 g/mol. The molecule has 0 aliphatic carbocycles. The smallest absolute Gasteiger partial charge is 0.343 e. The van der Waals surface area contributed by atoms with Crippen LogP contribution in [-0.4, -0.2) is 92.8 Å². The molecule has 0 spiro atoms. The molecule has 4 rings (SSSR count). The molecule has 0 unspecified atom stereocenters. The fourth-order valence-corrected chi connectivity index (χ4v) is 4.37. The van der Waals surface area contributed by atoms with E-state index in [-0.39, 0.29) is 17.8 Å². The summed E-state index contributed by atoms with van der Waals surface area (Å²) in [7, 11) is 3.60. The molecule has 0 saturated carbocycles. The van der Waals surface area contributed by atoms with Gasteiger partial charge < -0.3 is 14.9 Å². The fraction of sp³-hybridized carbons (Fsp3) is 0.550. The number of hydrogen-bond acceptors (Lipinski definition) is 6. The maximum atomic E-state index is 13.0. The molecular formula is C20H28N6O3. The molecule has 9 nitrogen and oxygen atoms in total.